The lowest BCUT2D eigenvalue weighted by Crippen LogP contribution is -2.12. The Balaban J connectivity index is 2.04. The molecule has 4 nitrogen and oxygen atoms in total. The number of hydrogen-bond acceptors (Lipinski definition) is 5. The first-order valence-corrected chi connectivity index (χ1v) is 9.66. The van der Waals surface area contributed by atoms with Crippen LogP contribution in [0.1, 0.15) is 12.5 Å². The van der Waals surface area contributed by atoms with Crippen LogP contribution < -0.4 is 0 Å². The molecular formula is C20H15Cl2NO3S. The van der Waals surface area contributed by atoms with E-state index in [-0.39, 0.29) is 17.9 Å². The summed E-state index contributed by atoms with van der Waals surface area (Å²) in [5.41, 5.74) is 1.46. The highest BCUT2D eigenvalue weighted by Crippen LogP contribution is 2.40. The molecule has 2 aromatic carbocycles. The molecule has 2 aromatic rings. The third-order valence-electron chi connectivity index (χ3n) is 3.60. The SMILES string of the molecule is CCOC(=O)C1=C(O)/C(=C/c2ccc(Cl)c(Cl)c2)SC1=Nc1ccccc1. The molecular weight excluding hydrogens is 405 g/mol. The average Bonchev–Trinajstić information content (AvgIpc) is 2.94. The van der Waals surface area contributed by atoms with E-state index in [4.69, 9.17) is 27.9 Å². The molecule has 0 unspecified atom stereocenters. The molecule has 1 N–H and O–H groups in total. The number of esters is 1. The summed E-state index contributed by atoms with van der Waals surface area (Å²) in [7, 11) is 0. The average molecular weight is 420 g/mol. The van der Waals surface area contributed by atoms with Crippen LogP contribution in [0.3, 0.4) is 0 Å². The van der Waals surface area contributed by atoms with Crippen molar-refractivity contribution in [3.63, 3.8) is 0 Å². The zero-order valence-electron chi connectivity index (χ0n) is 14.3. The van der Waals surface area contributed by atoms with Gasteiger partial charge < -0.3 is 9.84 Å². The second-order valence-electron chi connectivity index (χ2n) is 5.48. The Hall–Kier alpha value is -2.21. The van der Waals surface area contributed by atoms with Crippen LogP contribution in [-0.2, 0) is 9.53 Å². The van der Waals surface area contributed by atoms with E-state index in [9.17, 15) is 9.90 Å². The number of thioether (sulfide) groups is 1. The molecule has 0 aromatic heterocycles. The zero-order valence-corrected chi connectivity index (χ0v) is 16.6. The number of aliphatic hydroxyl groups is 1. The smallest absolute Gasteiger partial charge is 0.344 e. The van der Waals surface area contributed by atoms with Crippen molar-refractivity contribution in [3.05, 3.63) is 80.4 Å². The number of rotatable bonds is 4. The fraction of sp³-hybridized carbons (Fsp3) is 0.100. The lowest BCUT2D eigenvalue weighted by molar-refractivity contribution is -0.138. The molecule has 1 heterocycles. The maximum Gasteiger partial charge on any atom is 0.344 e. The molecule has 0 bridgehead atoms. The molecule has 0 amide bonds. The van der Waals surface area contributed by atoms with Gasteiger partial charge in [0, 0.05) is 0 Å². The predicted octanol–water partition coefficient (Wildman–Crippen LogP) is 6.19. The number of para-hydroxylation sites is 1. The minimum Gasteiger partial charge on any atom is -0.506 e. The highest BCUT2D eigenvalue weighted by atomic mass is 35.5. The summed E-state index contributed by atoms with van der Waals surface area (Å²) in [4.78, 5) is 17.3. The minimum absolute atomic E-state index is 0.0528. The molecule has 0 fully saturated rings. The molecule has 0 spiro atoms. The highest BCUT2D eigenvalue weighted by Gasteiger charge is 2.33. The Morgan fingerprint density at radius 2 is 1.93 bits per heavy atom. The van der Waals surface area contributed by atoms with E-state index in [1.165, 1.54) is 11.8 Å². The summed E-state index contributed by atoms with van der Waals surface area (Å²) in [5.74, 6) is -0.783. The molecule has 27 heavy (non-hydrogen) atoms. The predicted molar refractivity (Wildman–Crippen MR) is 112 cm³/mol. The van der Waals surface area contributed by atoms with Gasteiger partial charge in [0.1, 0.15) is 16.4 Å². The van der Waals surface area contributed by atoms with Gasteiger partial charge >= 0.3 is 5.97 Å². The number of carbonyl (C=O) groups is 1. The quantitative estimate of drug-likeness (QED) is 0.600. The molecule has 7 heteroatoms. The van der Waals surface area contributed by atoms with Gasteiger partial charge in [-0.15, -0.1) is 0 Å². The number of benzene rings is 2. The van der Waals surface area contributed by atoms with E-state index in [0.717, 1.165) is 5.56 Å². The Kier molecular flexibility index (Phi) is 6.26. The first-order chi connectivity index (χ1) is 13.0. The molecule has 0 saturated heterocycles. The van der Waals surface area contributed by atoms with Crippen molar-refractivity contribution in [1.82, 2.24) is 0 Å². The summed E-state index contributed by atoms with van der Waals surface area (Å²) >= 11 is 13.2. The number of halogens is 2. The summed E-state index contributed by atoms with van der Waals surface area (Å²) in [5, 5.41) is 11.9. The standard InChI is InChI=1S/C20H15Cl2NO3S/c1-2-26-20(25)17-18(24)16(11-12-8-9-14(21)15(22)10-12)27-19(17)23-13-6-4-3-5-7-13/h3-11,24H,2H2,1H3/b16-11-,23-19?. The number of nitrogens with zero attached hydrogens (tertiary/aromatic N) is 1. The molecule has 1 aliphatic rings. The van der Waals surface area contributed by atoms with Gasteiger partial charge in [-0.1, -0.05) is 59.2 Å². The highest BCUT2D eigenvalue weighted by molar-refractivity contribution is 8.18. The van der Waals surface area contributed by atoms with Gasteiger partial charge in [0.05, 0.1) is 27.2 Å². The van der Waals surface area contributed by atoms with Crippen molar-refractivity contribution in [2.75, 3.05) is 6.61 Å². The largest absolute Gasteiger partial charge is 0.506 e. The fourth-order valence-electron chi connectivity index (χ4n) is 2.37. The Morgan fingerprint density at radius 3 is 2.59 bits per heavy atom. The van der Waals surface area contributed by atoms with E-state index in [0.29, 0.717) is 25.7 Å². The Bertz CT molecular complexity index is 968. The first-order valence-electron chi connectivity index (χ1n) is 8.09. The topological polar surface area (TPSA) is 58.9 Å². The van der Waals surface area contributed by atoms with Crippen LogP contribution in [0.2, 0.25) is 10.0 Å². The maximum atomic E-state index is 12.4. The summed E-state index contributed by atoms with van der Waals surface area (Å²) in [6.45, 7) is 1.91. The molecule has 0 aliphatic carbocycles. The fourth-order valence-corrected chi connectivity index (χ4v) is 3.71. The summed E-state index contributed by atoms with van der Waals surface area (Å²) < 4.78 is 5.08. The molecule has 138 valence electrons. The van der Waals surface area contributed by atoms with E-state index >= 15 is 0 Å². The Labute approximate surface area is 171 Å². The molecule has 0 saturated carbocycles. The Morgan fingerprint density at radius 1 is 1.19 bits per heavy atom. The molecule has 1 aliphatic heterocycles. The summed E-state index contributed by atoms with van der Waals surface area (Å²) in [6.07, 6.45) is 1.72. The summed E-state index contributed by atoms with van der Waals surface area (Å²) in [6, 6.07) is 14.3. The van der Waals surface area contributed by atoms with E-state index < -0.39 is 5.97 Å². The third kappa shape index (κ3) is 4.56. The van der Waals surface area contributed by atoms with Crippen molar-refractivity contribution in [3.8, 4) is 0 Å². The van der Waals surface area contributed by atoms with Crippen molar-refractivity contribution in [2.24, 2.45) is 4.99 Å². The number of ether oxygens (including phenoxy) is 1. The van der Waals surface area contributed by atoms with Crippen molar-refractivity contribution in [2.45, 2.75) is 6.92 Å². The molecule has 0 radical (unpaired) electrons. The van der Waals surface area contributed by atoms with Crippen molar-refractivity contribution >= 4 is 57.7 Å². The van der Waals surface area contributed by atoms with Gasteiger partial charge in [-0.05, 0) is 42.8 Å². The second-order valence-corrected chi connectivity index (χ2v) is 7.33. The van der Waals surface area contributed by atoms with Crippen molar-refractivity contribution < 1.29 is 14.6 Å². The minimum atomic E-state index is -0.616. The second kappa shape index (κ2) is 8.65. The molecule has 0 atom stereocenters. The van der Waals surface area contributed by atoms with E-state index in [1.807, 2.05) is 30.3 Å². The first kappa shape index (κ1) is 19.5. The monoisotopic (exact) mass is 419 g/mol. The number of aliphatic hydroxyl groups excluding tert-OH is 1. The van der Waals surface area contributed by atoms with Crippen molar-refractivity contribution in [1.29, 1.82) is 0 Å². The lowest BCUT2D eigenvalue weighted by atomic mass is 10.1. The van der Waals surface area contributed by atoms with Gasteiger partial charge in [-0.25, -0.2) is 9.79 Å². The number of aliphatic imine (C=N–C) groups is 1. The van der Waals surface area contributed by atoms with Gasteiger partial charge in [-0.2, -0.15) is 0 Å². The van der Waals surface area contributed by atoms with Gasteiger partial charge in [0.25, 0.3) is 0 Å². The number of carbonyl (C=O) groups excluding carboxylic acids is 1. The normalized spacial score (nSPS) is 17.0. The van der Waals surface area contributed by atoms with Gasteiger partial charge in [-0.3, -0.25) is 0 Å². The van der Waals surface area contributed by atoms with Crippen LogP contribution in [0.5, 0.6) is 0 Å². The maximum absolute atomic E-state index is 12.4. The van der Waals surface area contributed by atoms with E-state index in [2.05, 4.69) is 4.99 Å². The number of hydrogen-bond donors (Lipinski definition) is 1. The van der Waals surface area contributed by atoms with Crippen LogP contribution in [0.4, 0.5) is 5.69 Å². The van der Waals surface area contributed by atoms with Gasteiger partial charge in [0.2, 0.25) is 0 Å². The molecule has 3 rings (SSSR count). The van der Waals surface area contributed by atoms with Crippen LogP contribution >= 0.6 is 35.0 Å². The van der Waals surface area contributed by atoms with E-state index in [1.54, 1.807) is 31.2 Å². The van der Waals surface area contributed by atoms with Gasteiger partial charge in [0.15, 0.2) is 0 Å². The lowest BCUT2D eigenvalue weighted by Gasteiger charge is -2.03. The van der Waals surface area contributed by atoms with Crippen LogP contribution in [0.25, 0.3) is 6.08 Å². The zero-order chi connectivity index (χ0) is 19.4. The van der Waals surface area contributed by atoms with Crippen LogP contribution in [0, 0.1) is 0 Å². The van der Waals surface area contributed by atoms with Crippen LogP contribution in [0.15, 0.2) is 69.8 Å². The third-order valence-corrected chi connectivity index (χ3v) is 5.36. The van der Waals surface area contributed by atoms with Crippen LogP contribution in [-0.4, -0.2) is 22.7 Å².